The van der Waals surface area contributed by atoms with E-state index in [0.29, 0.717) is 0 Å². The summed E-state index contributed by atoms with van der Waals surface area (Å²) in [6.45, 7) is -0.0515. The highest BCUT2D eigenvalue weighted by atomic mass is 79.9. The second kappa shape index (κ2) is 5.01. The minimum absolute atomic E-state index is 0.0515. The molecule has 0 aliphatic carbocycles. The van der Waals surface area contributed by atoms with E-state index < -0.39 is 15.7 Å². The monoisotopic (exact) mass is 311 g/mol. The zero-order valence-electron chi connectivity index (χ0n) is 8.54. The SMILES string of the molecule is CS(=O)(=O)CCOc1cc(F)c(Br)cc1N. The predicted molar refractivity (Wildman–Crippen MR) is 63.7 cm³/mol. The van der Waals surface area contributed by atoms with Crippen LogP contribution in [0.25, 0.3) is 0 Å². The van der Waals surface area contributed by atoms with E-state index in [-0.39, 0.29) is 28.3 Å². The molecule has 1 aromatic rings. The van der Waals surface area contributed by atoms with Crippen molar-refractivity contribution in [3.8, 4) is 5.75 Å². The van der Waals surface area contributed by atoms with E-state index in [1.54, 1.807) is 0 Å². The van der Waals surface area contributed by atoms with Crippen LogP contribution in [0.15, 0.2) is 16.6 Å². The van der Waals surface area contributed by atoms with Gasteiger partial charge in [0.15, 0.2) is 9.84 Å². The fourth-order valence-corrected chi connectivity index (χ4v) is 1.72. The Bertz CT molecular complexity index is 490. The Kier molecular flexibility index (Phi) is 4.15. The summed E-state index contributed by atoms with van der Waals surface area (Å²) in [5.74, 6) is -0.502. The minimum atomic E-state index is -3.09. The van der Waals surface area contributed by atoms with E-state index in [2.05, 4.69) is 15.9 Å². The molecule has 1 rings (SSSR count). The molecule has 0 heterocycles. The van der Waals surface area contributed by atoms with Gasteiger partial charge in [0.1, 0.15) is 18.2 Å². The number of hydrogen-bond acceptors (Lipinski definition) is 4. The van der Waals surface area contributed by atoms with Crippen LogP contribution in [0.5, 0.6) is 5.75 Å². The molecule has 0 saturated heterocycles. The number of sulfone groups is 1. The van der Waals surface area contributed by atoms with Crippen molar-refractivity contribution >= 4 is 31.5 Å². The molecule has 0 fully saturated rings. The van der Waals surface area contributed by atoms with Crippen molar-refractivity contribution < 1.29 is 17.5 Å². The Morgan fingerprint density at radius 1 is 1.50 bits per heavy atom. The number of halogens is 2. The topological polar surface area (TPSA) is 69.4 Å². The van der Waals surface area contributed by atoms with Crippen molar-refractivity contribution in [1.82, 2.24) is 0 Å². The molecule has 4 nitrogen and oxygen atoms in total. The van der Waals surface area contributed by atoms with Gasteiger partial charge in [0.05, 0.1) is 15.9 Å². The molecule has 0 atom stereocenters. The third kappa shape index (κ3) is 3.97. The van der Waals surface area contributed by atoms with E-state index >= 15 is 0 Å². The lowest BCUT2D eigenvalue weighted by Gasteiger charge is -2.09. The van der Waals surface area contributed by atoms with Gasteiger partial charge in [-0.2, -0.15) is 0 Å². The quantitative estimate of drug-likeness (QED) is 0.857. The lowest BCUT2D eigenvalue weighted by atomic mass is 10.3. The van der Waals surface area contributed by atoms with Crippen molar-refractivity contribution in [1.29, 1.82) is 0 Å². The van der Waals surface area contributed by atoms with Crippen molar-refractivity contribution in [2.45, 2.75) is 0 Å². The Morgan fingerprint density at radius 3 is 2.69 bits per heavy atom. The molecular weight excluding hydrogens is 301 g/mol. The maximum atomic E-state index is 13.1. The fourth-order valence-electron chi connectivity index (χ4n) is 0.972. The average molecular weight is 312 g/mol. The van der Waals surface area contributed by atoms with Crippen molar-refractivity contribution in [3.63, 3.8) is 0 Å². The molecule has 0 spiro atoms. The van der Waals surface area contributed by atoms with Gasteiger partial charge in [0, 0.05) is 12.3 Å². The third-order valence-corrected chi connectivity index (χ3v) is 3.28. The maximum absolute atomic E-state index is 13.1. The Hall–Kier alpha value is -0.820. The molecule has 0 amide bonds. The summed E-state index contributed by atoms with van der Waals surface area (Å²) in [4.78, 5) is 0. The van der Waals surface area contributed by atoms with E-state index in [4.69, 9.17) is 10.5 Å². The first-order valence-electron chi connectivity index (χ1n) is 4.34. The van der Waals surface area contributed by atoms with Crippen LogP contribution in [0.1, 0.15) is 0 Å². The largest absolute Gasteiger partial charge is 0.490 e. The highest BCUT2D eigenvalue weighted by Crippen LogP contribution is 2.28. The Morgan fingerprint density at radius 2 is 2.12 bits per heavy atom. The highest BCUT2D eigenvalue weighted by molar-refractivity contribution is 9.10. The van der Waals surface area contributed by atoms with Crippen LogP contribution in [-0.4, -0.2) is 27.0 Å². The number of hydrogen-bond donors (Lipinski definition) is 1. The second-order valence-electron chi connectivity index (χ2n) is 3.28. The van der Waals surface area contributed by atoms with E-state index in [1.807, 2.05) is 0 Å². The zero-order chi connectivity index (χ0) is 12.3. The molecule has 0 aliphatic heterocycles. The first-order valence-corrected chi connectivity index (χ1v) is 7.20. The summed E-state index contributed by atoms with van der Waals surface area (Å²) in [6, 6.07) is 2.48. The number of ether oxygens (including phenoxy) is 1. The van der Waals surface area contributed by atoms with Crippen LogP contribution in [0.2, 0.25) is 0 Å². The molecule has 0 aliphatic rings. The number of benzene rings is 1. The lowest BCUT2D eigenvalue weighted by Crippen LogP contribution is -2.12. The molecule has 0 radical (unpaired) electrons. The predicted octanol–water partition coefficient (Wildman–Crippen LogP) is 1.59. The van der Waals surface area contributed by atoms with E-state index in [9.17, 15) is 12.8 Å². The van der Waals surface area contributed by atoms with E-state index in [1.165, 1.54) is 6.07 Å². The smallest absolute Gasteiger partial charge is 0.150 e. The standard InChI is InChI=1S/C9H11BrFNO3S/c1-16(13,14)3-2-15-9-5-7(11)6(10)4-8(9)12/h4-5H,2-3,12H2,1H3. The Labute approximate surface area is 102 Å². The van der Waals surface area contributed by atoms with Gasteiger partial charge in [-0.25, -0.2) is 12.8 Å². The van der Waals surface area contributed by atoms with Crippen molar-refractivity contribution in [2.75, 3.05) is 24.3 Å². The lowest BCUT2D eigenvalue weighted by molar-refractivity contribution is 0.341. The molecule has 2 N–H and O–H groups in total. The van der Waals surface area contributed by atoms with Crippen LogP contribution < -0.4 is 10.5 Å². The van der Waals surface area contributed by atoms with Crippen LogP contribution in [0, 0.1) is 5.82 Å². The number of nitrogens with two attached hydrogens (primary N) is 1. The van der Waals surface area contributed by atoms with Gasteiger partial charge in [0.2, 0.25) is 0 Å². The maximum Gasteiger partial charge on any atom is 0.150 e. The molecule has 7 heteroatoms. The zero-order valence-corrected chi connectivity index (χ0v) is 10.9. The second-order valence-corrected chi connectivity index (χ2v) is 6.40. The van der Waals surface area contributed by atoms with Crippen molar-refractivity contribution in [2.24, 2.45) is 0 Å². The highest BCUT2D eigenvalue weighted by Gasteiger charge is 2.08. The summed E-state index contributed by atoms with van der Waals surface area (Å²) in [6.07, 6.45) is 1.10. The van der Waals surface area contributed by atoms with Gasteiger partial charge >= 0.3 is 0 Å². The van der Waals surface area contributed by atoms with Gasteiger partial charge in [-0.15, -0.1) is 0 Å². The minimum Gasteiger partial charge on any atom is -0.490 e. The first kappa shape index (κ1) is 13.2. The molecule has 16 heavy (non-hydrogen) atoms. The molecule has 0 saturated carbocycles. The molecule has 0 bridgehead atoms. The van der Waals surface area contributed by atoms with Gasteiger partial charge < -0.3 is 10.5 Å². The number of anilines is 1. The molecule has 90 valence electrons. The molecular formula is C9H11BrFNO3S. The van der Waals surface area contributed by atoms with Crippen LogP contribution >= 0.6 is 15.9 Å². The number of nitrogen functional groups attached to an aromatic ring is 1. The third-order valence-electron chi connectivity index (χ3n) is 1.76. The summed E-state index contributed by atoms with van der Waals surface area (Å²) in [7, 11) is -3.09. The van der Waals surface area contributed by atoms with Crippen molar-refractivity contribution in [3.05, 3.63) is 22.4 Å². The van der Waals surface area contributed by atoms with E-state index in [0.717, 1.165) is 12.3 Å². The van der Waals surface area contributed by atoms with Gasteiger partial charge in [0.25, 0.3) is 0 Å². The van der Waals surface area contributed by atoms with Gasteiger partial charge in [-0.05, 0) is 22.0 Å². The average Bonchev–Trinajstić information content (AvgIpc) is 2.11. The van der Waals surface area contributed by atoms with Crippen LogP contribution in [-0.2, 0) is 9.84 Å². The molecule has 0 unspecified atom stereocenters. The molecule has 1 aromatic carbocycles. The Balaban J connectivity index is 2.71. The molecule has 0 aromatic heterocycles. The van der Waals surface area contributed by atoms with Crippen LogP contribution in [0.3, 0.4) is 0 Å². The van der Waals surface area contributed by atoms with Crippen LogP contribution in [0.4, 0.5) is 10.1 Å². The normalized spacial score (nSPS) is 11.4. The van der Waals surface area contributed by atoms with Gasteiger partial charge in [-0.1, -0.05) is 0 Å². The summed E-state index contributed by atoms with van der Waals surface area (Å²) >= 11 is 2.97. The summed E-state index contributed by atoms with van der Waals surface area (Å²) in [5, 5.41) is 0. The fraction of sp³-hybridized carbons (Fsp3) is 0.333. The number of rotatable bonds is 4. The van der Waals surface area contributed by atoms with Gasteiger partial charge in [-0.3, -0.25) is 0 Å². The summed E-state index contributed by atoms with van der Waals surface area (Å²) < 4.78 is 40.1. The first-order chi connectivity index (χ1) is 7.29. The summed E-state index contributed by atoms with van der Waals surface area (Å²) in [5.41, 5.74) is 5.82.